The first-order valence-electron chi connectivity index (χ1n) is 11.1. The number of hydrogen-bond donors (Lipinski definition) is 0. The fourth-order valence-corrected chi connectivity index (χ4v) is 4.56. The molecule has 2 heterocycles. The van der Waals surface area contributed by atoms with Crippen LogP contribution in [0.4, 0.5) is 0 Å². The minimum absolute atomic E-state index is 0.0283. The van der Waals surface area contributed by atoms with Crippen molar-refractivity contribution < 1.29 is 9.53 Å². The molecular formula is C26H27N5O2S. The number of carbonyl (C=O) groups excluding carboxylic acids is 1. The van der Waals surface area contributed by atoms with E-state index in [4.69, 9.17) is 4.74 Å². The van der Waals surface area contributed by atoms with E-state index in [1.54, 1.807) is 17.3 Å². The molecule has 0 saturated carbocycles. The summed E-state index contributed by atoms with van der Waals surface area (Å²) in [5.74, 6) is 1.51. The summed E-state index contributed by atoms with van der Waals surface area (Å²) in [6, 6.07) is 21.5. The van der Waals surface area contributed by atoms with Gasteiger partial charge in [0, 0.05) is 37.2 Å². The third-order valence-corrected chi connectivity index (χ3v) is 6.28. The predicted octanol–water partition coefficient (Wildman–Crippen LogP) is 4.87. The molecule has 2 aromatic heterocycles. The van der Waals surface area contributed by atoms with E-state index >= 15 is 0 Å². The van der Waals surface area contributed by atoms with Gasteiger partial charge < -0.3 is 9.64 Å². The molecule has 1 unspecified atom stereocenters. The Bertz CT molecular complexity index is 1210. The number of benzene rings is 2. The van der Waals surface area contributed by atoms with Crippen molar-refractivity contribution in [2.45, 2.75) is 30.8 Å². The second-order valence-electron chi connectivity index (χ2n) is 7.74. The zero-order valence-electron chi connectivity index (χ0n) is 19.5. The minimum Gasteiger partial charge on any atom is -0.494 e. The third-order valence-electron chi connectivity index (χ3n) is 5.25. The Kier molecular flexibility index (Phi) is 7.59. The van der Waals surface area contributed by atoms with Crippen molar-refractivity contribution >= 4 is 17.7 Å². The highest BCUT2D eigenvalue weighted by Crippen LogP contribution is 2.31. The lowest BCUT2D eigenvalue weighted by Crippen LogP contribution is -2.32. The molecule has 174 valence electrons. The number of nitrogens with zero attached hydrogens (tertiary/aromatic N) is 5. The standard InChI is InChI=1S/C26H27N5O2S/c1-4-33-23-12-10-22(11-13-23)31-24(21-14-16-27-17-15-21)28-29-26(31)34-19(2)25(32)30(3)18-20-8-6-5-7-9-20/h5-17,19H,4,18H2,1-3H3. The normalized spacial score (nSPS) is 11.7. The number of pyridine rings is 1. The van der Waals surface area contributed by atoms with Gasteiger partial charge in [-0.05, 0) is 55.8 Å². The van der Waals surface area contributed by atoms with E-state index < -0.39 is 0 Å². The van der Waals surface area contributed by atoms with Gasteiger partial charge in [-0.25, -0.2) is 0 Å². The number of hydrogen-bond acceptors (Lipinski definition) is 6. The molecule has 4 rings (SSSR count). The van der Waals surface area contributed by atoms with E-state index in [9.17, 15) is 4.79 Å². The molecule has 0 radical (unpaired) electrons. The van der Waals surface area contributed by atoms with Gasteiger partial charge in [-0.15, -0.1) is 10.2 Å². The molecule has 0 saturated heterocycles. The predicted molar refractivity (Wildman–Crippen MR) is 134 cm³/mol. The third kappa shape index (κ3) is 5.46. The zero-order valence-corrected chi connectivity index (χ0v) is 20.3. The van der Waals surface area contributed by atoms with E-state index in [2.05, 4.69) is 15.2 Å². The van der Waals surface area contributed by atoms with Gasteiger partial charge in [-0.2, -0.15) is 0 Å². The first kappa shape index (κ1) is 23.5. The topological polar surface area (TPSA) is 73.1 Å². The molecule has 0 spiro atoms. The lowest BCUT2D eigenvalue weighted by molar-refractivity contribution is -0.129. The van der Waals surface area contributed by atoms with Crippen molar-refractivity contribution in [1.29, 1.82) is 0 Å². The van der Waals surface area contributed by atoms with Crippen LogP contribution in [0.3, 0.4) is 0 Å². The van der Waals surface area contributed by atoms with Crippen molar-refractivity contribution in [3.05, 3.63) is 84.7 Å². The Morgan fingerprint density at radius 2 is 1.74 bits per heavy atom. The Morgan fingerprint density at radius 1 is 1.03 bits per heavy atom. The largest absolute Gasteiger partial charge is 0.494 e. The van der Waals surface area contributed by atoms with Gasteiger partial charge in [0.15, 0.2) is 11.0 Å². The molecule has 0 aliphatic rings. The van der Waals surface area contributed by atoms with Gasteiger partial charge in [0.05, 0.1) is 11.9 Å². The maximum Gasteiger partial charge on any atom is 0.235 e. The fraction of sp³-hybridized carbons (Fsp3) is 0.231. The van der Waals surface area contributed by atoms with Crippen LogP contribution in [-0.4, -0.2) is 49.5 Å². The molecule has 0 aliphatic heterocycles. The summed E-state index contributed by atoms with van der Waals surface area (Å²) in [7, 11) is 1.83. The van der Waals surface area contributed by atoms with Gasteiger partial charge in [0.2, 0.25) is 5.91 Å². The Balaban J connectivity index is 1.61. The highest BCUT2D eigenvalue weighted by Gasteiger charge is 2.24. The molecule has 0 N–H and O–H groups in total. The molecule has 0 bridgehead atoms. The average molecular weight is 474 g/mol. The van der Waals surface area contributed by atoms with Crippen molar-refractivity contribution in [1.82, 2.24) is 24.6 Å². The lowest BCUT2D eigenvalue weighted by Gasteiger charge is -2.21. The van der Waals surface area contributed by atoms with E-state index in [0.29, 0.717) is 24.1 Å². The maximum atomic E-state index is 13.1. The minimum atomic E-state index is -0.343. The number of ether oxygens (including phenoxy) is 1. The summed E-state index contributed by atoms with van der Waals surface area (Å²) in [5.41, 5.74) is 2.87. The van der Waals surface area contributed by atoms with E-state index in [0.717, 1.165) is 22.6 Å². The quantitative estimate of drug-likeness (QED) is 0.323. The Morgan fingerprint density at radius 3 is 2.41 bits per heavy atom. The first-order chi connectivity index (χ1) is 16.6. The van der Waals surface area contributed by atoms with Crippen molar-refractivity contribution in [2.24, 2.45) is 0 Å². The molecule has 1 amide bonds. The fourth-order valence-electron chi connectivity index (χ4n) is 3.58. The number of aromatic nitrogens is 4. The smallest absolute Gasteiger partial charge is 0.235 e. The maximum absolute atomic E-state index is 13.1. The van der Waals surface area contributed by atoms with Gasteiger partial charge >= 0.3 is 0 Å². The molecule has 34 heavy (non-hydrogen) atoms. The van der Waals surface area contributed by atoms with Crippen LogP contribution in [0.15, 0.2) is 84.3 Å². The van der Waals surface area contributed by atoms with E-state index in [-0.39, 0.29) is 11.2 Å². The van der Waals surface area contributed by atoms with Crippen LogP contribution in [0.25, 0.3) is 17.1 Å². The van der Waals surface area contributed by atoms with Crippen LogP contribution in [0.1, 0.15) is 19.4 Å². The number of thioether (sulfide) groups is 1. The van der Waals surface area contributed by atoms with Gasteiger partial charge in [0.1, 0.15) is 5.75 Å². The number of carbonyl (C=O) groups is 1. The molecule has 2 aromatic carbocycles. The van der Waals surface area contributed by atoms with Gasteiger partial charge in [-0.1, -0.05) is 42.1 Å². The van der Waals surface area contributed by atoms with E-state index in [1.807, 2.05) is 92.2 Å². The zero-order chi connectivity index (χ0) is 23.9. The molecule has 8 heteroatoms. The average Bonchev–Trinajstić information content (AvgIpc) is 3.28. The molecule has 4 aromatic rings. The second-order valence-corrected chi connectivity index (χ2v) is 9.05. The van der Waals surface area contributed by atoms with Crippen LogP contribution in [-0.2, 0) is 11.3 Å². The Hall–Kier alpha value is -3.65. The molecule has 0 aliphatic carbocycles. The Labute approximate surface area is 203 Å². The summed E-state index contributed by atoms with van der Waals surface area (Å²) < 4.78 is 7.56. The van der Waals surface area contributed by atoms with E-state index in [1.165, 1.54) is 11.8 Å². The highest BCUT2D eigenvalue weighted by atomic mass is 32.2. The molecular weight excluding hydrogens is 446 g/mol. The van der Waals surface area contributed by atoms with Crippen LogP contribution in [0.5, 0.6) is 5.75 Å². The monoisotopic (exact) mass is 473 g/mol. The molecule has 1 atom stereocenters. The molecule has 0 fully saturated rings. The van der Waals surface area contributed by atoms with Crippen LogP contribution in [0.2, 0.25) is 0 Å². The summed E-state index contributed by atoms with van der Waals surface area (Å²) in [6.45, 7) is 5.01. The first-order valence-corrected chi connectivity index (χ1v) is 12.0. The van der Waals surface area contributed by atoms with Crippen molar-refractivity contribution in [2.75, 3.05) is 13.7 Å². The summed E-state index contributed by atoms with van der Waals surface area (Å²) in [6.07, 6.45) is 3.45. The summed E-state index contributed by atoms with van der Waals surface area (Å²) in [4.78, 5) is 19.0. The van der Waals surface area contributed by atoms with Crippen molar-refractivity contribution in [3.8, 4) is 22.8 Å². The molecule has 7 nitrogen and oxygen atoms in total. The van der Waals surface area contributed by atoms with Gasteiger partial charge in [0.25, 0.3) is 0 Å². The van der Waals surface area contributed by atoms with Crippen molar-refractivity contribution in [3.63, 3.8) is 0 Å². The van der Waals surface area contributed by atoms with Gasteiger partial charge in [-0.3, -0.25) is 14.3 Å². The van der Waals surface area contributed by atoms with Crippen LogP contribution < -0.4 is 4.74 Å². The number of rotatable bonds is 9. The lowest BCUT2D eigenvalue weighted by atomic mass is 10.2. The highest BCUT2D eigenvalue weighted by molar-refractivity contribution is 8.00. The van der Waals surface area contributed by atoms with Crippen LogP contribution in [0, 0.1) is 0 Å². The second kappa shape index (κ2) is 11.0. The summed E-state index contributed by atoms with van der Waals surface area (Å²) in [5, 5.41) is 9.20. The summed E-state index contributed by atoms with van der Waals surface area (Å²) >= 11 is 1.39. The SMILES string of the molecule is CCOc1ccc(-n2c(SC(C)C(=O)N(C)Cc3ccccc3)nnc2-c2ccncc2)cc1. The number of amides is 1. The van der Waals surface area contributed by atoms with Crippen LogP contribution >= 0.6 is 11.8 Å².